The van der Waals surface area contributed by atoms with Gasteiger partial charge >= 0.3 is 6.03 Å². The van der Waals surface area contributed by atoms with Gasteiger partial charge in [0.05, 0.1) is 25.6 Å². The van der Waals surface area contributed by atoms with Crippen LogP contribution in [0.3, 0.4) is 0 Å². The van der Waals surface area contributed by atoms with Gasteiger partial charge in [0.2, 0.25) is 0 Å². The highest BCUT2D eigenvalue weighted by atomic mass is 32.2. The van der Waals surface area contributed by atoms with E-state index in [1.54, 1.807) is 26.0 Å². The molecule has 7 nitrogen and oxygen atoms in total. The maximum absolute atomic E-state index is 12.2. The summed E-state index contributed by atoms with van der Waals surface area (Å²) in [5.41, 5.74) is 6.22. The van der Waals surface area contributed by atoms with Crippen LogP contribution in [0.2, 0.25) is 0 Å². The Hall–Kier alpha value is -3.91. The first-order chi connectivity index (χ1) is 19.6. The van der Waals surface area contributed by atoms with Crippen molar-refractivity contribution in [3.63, 3.8) is 0 Å². The Bertz CT molecular complexity index is 1370. The summed E-state index contributed by atoms with van der Waals surface area (Å²) in [6, 6.07) is 23.9. The summed E-state index contributed by atoms with van der Waals surface area (Å²) in [6.07, 6.45) is 2.83. The molecule has 4 aromatic rings. The summed E-state index contributed by atoms with van der Waals surface area (Å²) >= 11 is 1.75. The van der Waals surface area contributed by atoms with Crippen molar-refractivity contribution in [1.29, 1.82) is 0 Å². The standard InChI is InChI=1S/C32H38N4O3S/c1-5-23-9-15-26(16-10-23)34-31(37)33-21-7-8-22-40-32-35-29(24-11-17-27(38-3)18-12-24)30(36(32)6-2)25-13-19-28(39-4)20-14-25/h9-20H,5-8,21-22H2,1-4H3,(H2,33,34,37). The molecule has 4 rings (SSSR count). The Morgan fingerprint density at radius 2 is 1.48 bits per heavy atom. The van der Waals surface area contributed by atoms with Crippen LogP contribution in [0.1, 0.15) is 32.3 Å². The molecule has 8 heteroatoms. The second-order valence-corrected chi connectivity index (χ2v) is 10.3. The first-order valence-electron chi connectivity index (χ1n) is 13.7. The van der Waals surface area contributed by atoms with Gasteiger partial charge in [-0.1, -0.05) is 30.8 Å². The van der Waals surface area contributed by atoms with Gasteiger partial charge in [0.15, 0.2) is 5.16 Å². The number of urea groups is 1. The maximum Gasteiger partial charge on any atom is 0.319 e. The predicted molar refractivity (Wildman–Crippen MR) is 165 cm³/mol. The van der Waals surface area contributed by atoms with Gasteiger partial charge < -0.3 is 24.7 Å². The topological polar surface area (TPSA) is 77.4 Å². The van der Waals surface area contributed by atoms with Crippen LogP contribution in [0.25, 0.3) is 22.5 Å². The van der Waals surface area contributed by atoms with Crippen molar-refractivity contribution in [3.8, 4) is 34.0 Å². The van der Waals surface area contributed by atoms with Gasteiger partial charge in [0.1, 0.15) is 11.5 Å². The number of aromatic nitrogens is 2. The summed E-state index contributed by atoms with van der Waals surface area (Å²) in [4.78, 5) is 17.3. The molecule has 0 unspecified atom stereocenters. The molecule has 0 spiro atoms. The number of methoxy groups -OCH3 is 2. The third-order valence-electron chi connectivity index (χ3n) is 6.68. The van der Waals surface area contributed by atoms with E-state index in [4.69, 9.17) is 14.5 Å². The second kappa shape index (κ2) is 14.5. The molecular weight excluding hydrogens is 520 g/mol. The van der Waals surface area contributed by atoms with E-state index in [0.717, 1.165) is 76.4 Å². The smallest absolute Gasteiger partial charge is 0.319 e. The van der Waals surface area contributed by atoms with Crippen molar-refractivity contribution in [2.75, 3.05) is 31.8 Å². The molecule has 0 saturated carbocycles. The van der Waals surface area contributed by atoms with Gasteiger partial charge in [-0.3, -0.25) is 0 Å². The highest BCUT2D eigenvalue weighted by Gasteiger charge is 2.20. The number of hydrogen-bond donors (Lipinski definition) is 2. The van der Waals surface area contributed by atoms with Crippen LogP contribution in [0, 0.1) is 0 Å². The lowest BCUT2D eigenvalue weighted by Gasteiger charge is -2.12. The fraction of sp³-hybridized carbons (Fsp3) is 0.312. The number of unbranched alkanes of at least 4 members (excludes halogenated alkanes) is 1. The van der Waals surface area contributed by atoms with E-state index in [9.17, 15) is 4.79 Å². The number of anilines is 1. The lowest BCUT2D eigenvalue weighted by Crippen LogP contribution is -2.29. The number of aryl methyl sites for hydroxylation is 1. The van der Waals surface area contributed by atoms with Crippen LogP contribution in [0.4, 0.5) is 10.5 Å². The molecule has 0 aliphatic carbocycles. The number of nitrogens with one attached hydrogen (secondary N) is 2. The fourth-order valence-electron chi connectivity index (χ4n) is 4.42. The molecule has 0 bridgehead atoms. The quantitative estimate of drug-likeness (QED) is 0.131. The van der Waals surface area contributed by atoms with E-state index in [1.807, 2.05) is 48.5 Å². The number of ether oxygens (including phenoxy) is 2. The number of hydrogen-bond acceptors (Lipinski definition) is 5. The van der Waals surface area contributed by atoms with Crippen molar-refractivity contribution in [2.24, 2.45) is 0 Å². The molecule has 0 saturated heterocycles. The largest absolute Gasteiger partial charge is 0.497 e. The van der Waals surface area contributed by atoms with Crippen LogP contribution in [-0.2, 0) is 13.0 Å². The molecule has 0 radical (unpaired) electrons. The molecule has 1 heterocycles. The van der Waals surface area contributed by atoms with Gasteiger partial charge in [-0.05, 0) is 92.4 Å². The Balaban J connectivity index is 1.39. The molecule has 0 atom stereocenters. The van der Waals surface area contributed by atoms with Crippen LogP contribution < -0.4 is 20.1 Å². The number of carbonyl (C=O) groups excluding carboxylic acids is 1. The molecule has 2 amide bonds. The number of amides is 2. The van der Waals surface area contributed by atoms with Crippen molar-refractivity contribution in [2.45, 2.75) is 44.8 Å². The molecule has 0 aliphatic heterocycles. The van der Waals surface area contributed by atoms with Gasteiger partial charge in [-0.25, -0.2) is 9.78 Å². The summed E-state index contributed by atoms with van der Waals surface area (Å²) in [7, 11) is 3.35. The van der Waals surface area contributed by atoms with E-state index in [2.05, 4.69) is 53.3 Å². The van der Waals surface area contributed by atoms with Crippen LogP contribution >= 0.6 is 11.8 Å². The lowest BCUT2D eigenvalue weighted by atomic mass is 10.0. The van der Waals surface area contributed by atoms with Crippen molar-refractivity contribution >= 4 is 23.5 Å². The van der Waals surface area contributed by atoms with E-state index in [1.165, 1.54) is 5.56 Å². The zero-order valence-electron chi connectivity index (χ0n) is 23.7. The summed E-state index contributed by atoms with van der Waals surface area (Å²) in [5, 5.41) is 6.84. The molecule has 1 aromatic heterocycles. The second-order valence-electron chi connectivity index (χ2n) is 9.28. The Kier molecular flexibility index (Phi) is 10.5. The molecule has 3 aromatic carbocycles. The Labute approximate surface area is 241 Å². The number of imidazole rings is 1. The predicted octanol–water partition coefficient (Wildman–Crippen LogP) is 7.51. The third kappa shape index (κ3) is 7.39. The number of nitrogens with zero attached hydrogens (tertiary/aromatic N) is 2. The molecular formula is C32H38N4O3S. The fourth-order valence-corrected chi connectivity index (χ4v) is 5.48. The first-order valence-corrected chi connectivity index (χ1v) is 14.7. The average molecular weight is 559 g/mol. The highest BCUT2D eigenvalue weighted by molar-refractivity contribution is 7.99. The van der Waals surface area contributed by atoms with Crippen LogP contribution in [-0.4, -0.2) is 42.1 Å². The highest BCUT2D eigenvalue weighted by Crippen LogP contribution is 2.37. The SMILES string of the molecule is CCc1ccc(NC(=O)NCCCCSc2nc(-c3ccc(OC)cc3)c(-c3ccc(OC)cc3)n2CC)cc1. The van der Waals surface area contributed by atoms with Crippen molar-refractivity contribution < 1.29 is 14.3 Å². The molecule has 210 valence electrons. The normalized spacial score (nSPS) is 10.8. The van der Waals surface area contributed by atoms with E-state index in [-0.39, 0.29) is 6.03 Å². The average Bonchev–Trinajstić information content (AvgIpc) is 3.37. The van der Waals surface area contributed by atoms with Crippen molar-refractivity contribution in [1.82, 2.24) is 14.9 Å². The van der Waals surface area contributed by atoms with E-state index in [0.29, 0.717) is 6.54 Å². The summed E-state index contributed by atoms with van der Waals surface area (Å²) < 4.78 is 13.0. The summed E-state index contributed by atoms with van der Waals surface area (Å²) in [6.45, 7) is 5.68. The lowest BCUT2D eigenvalue weighted by molar-refractivity contribution is 0.252. The Morgan fingerprint density at radius 3 is 2.05 bits per heavy atom. The Morgan fingerprint density at radius 1 is 0.850 bits per heavy atom. The van der Waals surface area contributed by atoms with Crippen LogP contribution in [0.15, 0.2) is 78.0 Å². The van der Waals surface area contributed by atoms with Gasteiger partial charge in [-0.2, -0.15) is 0 Å². The number of carbonyl (C=O) groups is 1. The van der Waals surface area contributed by atoms with Crippen molar-refractivity contribution in [3.05, 3.63) is 78.4 Å². The number of rotatable bonds is 13. The third-order valence-corrected chi connectivity index (χ3v) is 7.75. The minimum Gasteiger partial charge on any atom is -0.497 e. The van der Waals surface area contributed by atoms with Gasteiger partial charge in [0, 0.05) is 35.7 Å². The molecule has 40 heavy (non-hydrogen) atoms. The number of benzene rings is 3. The van der Waals surface area contributed by atoms with E-state index < -0.39 is 0 Å². The zero-order chi connectivity index (χ0) is 28.3. The minimum absolute atomic E-state index is 0.174. The van der Waals surface area contributed by atoms with Gasteiger partial charge in [0.25, 0.3) is 0 Å². The molecule has 0 fully saturated rings. The summed E-state index contributed by atoms with van der Waals surface area (Å²) in [5.74, 6) is 2.54. The zero-order valence-corrected chi connectivity index (χ0v) is 24.5. The minimum atomic E-state index is -0.174. The maximum atomic E-state index is 12.2. The van der Waals surface area contributed by atoms with Gasteiger partial charge in [-0.15, -0.1) is 0 Å². The first kappa shape index (κ1) is 29.1. The molecule has 0 aliphatic rings. The van der Waals surface area contributed by atoms with E-state index >= 15 is 0 Å². The monoisotopic (exact) mass is 558 g/mol. The van der Waals surface area contributed by atoms with Crippen LogP contribution in [0.5, 0.6) is 11.5 Å². The molecule has 2 N–H and O–H groups in total. The number of thioether (sulfide) groups is 1.